The average molecular weight is 513 g/mol. The van der Waals surface area contributed by atoms with Crippen LogP contribution in [-0.2, 0) is 22.6 Å². The highest BCUT2D eigenvalue weighted by Crippen LogP contribution is 2.26. The van der Waals surface area contributed by atoms with Gasteiger partial charge in [-0.3, -0.25) is 9.59 Å². The summed E-state index contributed by atoms with van der Waals surface area (Å²) in [6.45, 7) is 6.03. The molecule has 0 aliphatic heterocycles. The highest BCUT2D eigenvalue weighted by atomic mass is 35.5. The maximum Gasteiger partial charge on any atom is 0.261 e. The van der Waals surface area contributed by atoms with Crippen molar-refractivity contribution >= 4 is 35.0 Å². The molecule has 3 rings (SSSR count). The van der Waals surface area contributed by atoms with Gasteiger partial charge in [0, 0.05) is 29.6 Å². The lowest BCUT2D eigenvalue weighted by molar-refractivity contribution is -0.142. The molecule has 0 saturated heterocycles. The molecule has 5 nitrogen and oxygen atoms in total. The number of ether oxygens (including phenoxy) is 1. The number of likely N-dealkylation sites (N-methyl/N-ethyl adjacent to an activating group) is 1. The number of hydrogen-bond donors (Lipinski definition) is 1. The van der Waals surface area contributed by atoms with E-state index < -0.39 is 6.04 Å². The second kappa shape index (κ2) is 12.6. The molecule has 0 radical (unpaired) electrons. The van der Waals surface area contributed by atoms with Crippen molar-refractivity contribution in [3.05, 3.63) is 99.0 Å². The van der Waals surface area contributed by atoms with Crippen molar-refractivity contribution < 1.29 is 14.3 Å². The fourth-order valence-electron chi connectivity index (χ4n) is 3.87. The monoisotopic (exact) mass is 512 g/mol. The summed E-state index contributed by atoms with van der Waals surface area (Å²) in [5, 5.41) is 4.08. The molecule has 0 spiro atoms. The topological polar surface area (TPSA) is 58.6 Å². The summed E-state index contributed by atoms with van der Waals surface area (Å²) >= 11 is 12.7. The molecule has 1 N–H and O–H groups in total. The van der Waals surface area contributed by atoms with E-state index in [0.717, 1.165) is 22.3 Å². The zero-order valence-corrected chi connectivity index (χ0v) is 21.7. The maximum atomic E-state index is 13.6. The van der Waals surface area contributed by atoms with E-state index in [-0.39, 0.29) is 25.0 Å². The molecular weight excluding hydrogens is 483 g/mol. The summed E-state index contributed by atoms with van der Waals surface area (Å²) in [6, 6.07) is 19.8. The SMILES string of the molecule is CCNC(=O)[C@@H](Cc1ccccc1)N(Cc1ccccc1Cl)C(=O)COc1cc(C)c(Cl)c(C)c1. The standard InChI is InChI=1S/C28H30Cl2N2O3/c1-4-31-28(34)25(16-21-10-6-5-7-11-21)32(17-22-12-8-9-13-24(22)29)26(33)18-35-23-14-19(2)27(30)20(3)15-23/h5-15,25H,4,16-18H2,1-3H3,(H,31,34)/t25-/m1/s1. The number of benzene rings is 3. The Hall–Kier alpha value is -3.02. The van der Waals surface area contributed by atoms with Gasteiger partial charge in [-0.15, -0.1) is 0 Å². The van der Waals surface area contributed by atoms with E-state index in [0.29, 0.717) is 28.8 Å². The van der Waals surface area contributed by atoms with Crippen molar-refractivity contribution in [3.63, 3.8) is 0 Å². The van der Waals surface area contributed by atoms with Crippen LogP contribution < -0.4 is 10.1 Å². The number of amides is 2. The highest BCUT2D eigenvalue weighted by Gasteiger charge is 2.31. The zero-order valence-electron chi connectivity index (χ0n) is 20.2. The van der Waals surface area contributed by atoms with E-state index in [1.165, 1.54) is 0 Å². The van der Waals surface area contributed by atoms with Crippen molar-refractivity contribution in [1.82, 2.24) is 10.2 Å². The first-order valence-electron chi connectivity index (χ1n) is 11.5. The minimum absolute atomic E-state index is 0.176. The van der Waals surface area contributed by atoms with Crippen molar-refractivity contribution in [3.8, 4) is 5.75 Å². The second-order valence-electron chi connectivity index (χ2n) is 8.37. The van der Waals surface area contributed by atoms with Crippen molar-refractivity contribution in [1.29, 1.82) is 0 Å². The lowest BCUT2D eigenvalue weighted by Crippen LogP contribution is -2.51. The Morgan fingerprint density at radius 2 is 1.60 bits per heavy atom. The summed E-state index contributed by atoms with van der Waals surface area (Å²) in [5.41, 5.74) is 3.44. The quantitative estimate of drug-likeness (QED) is 0.375. The number of halogens is 2. The Morgan fingerprint density at radius 1 is 0.971 bits per heavy atom. The minimum Gasteiger partial charge on any atom is -0.484 e. The normalized spacial score (nSPS) is 11.6. The zero-order chi connectivity index (χ0) is 25.4. The highest BCUT2D eigenvalue weighted by molar-refractivity contribution is 6.32. The summed E-state index contributed by atoms with van der Waals surface area (Å²) in [5.74, 6) is 0.00496. The Morgan fingerprint density at radius 3 is 2.23 bits per heavy atom. The van der Waals surface area contributed by atoms with Gasteiger partial charge in [0.25, 0.3) is 5.91 Å². The summed E-state index contributed by atoms with van der Waals surface area (Å²) in [4.78, 5) is 28.3. The third-order valence-electron chi connectivity index (χ3n) is 5.69. The predicted molar refractivity (Wildman–Crippen MR) is 141 cm³/mol. The summed E-state index contributed by atoms with van der Waals surface area (Å²) < 4.78 is 5.86. The smallest absolute Gasteiger partial charge is 0.261 e. The van der Waals surface area contributed by atoms with Crippen molar-refractivity contribution in [2.45, 2.75) is 39.8 Å². The van der Waals surface area contributed by atoms with Crippen molar-refractivity contribution in [2.24, 2.45) is 0 Å². The molecule has 0 aliphatic carbocycles. The summed E-state index contributed by atoms with van der Waals surface area (Å²) in [6.07, 6.45) is 0.363. The number of carbonyl (C=O) groups excluding carboxylic acids is 2. The predicted octanol–water partition coefficient (Wildman–Crippen LogP) is 5.77. The fourth-order valence-corrected chi connectivity index (χ4v) is 4.18. The molecule has 1 atom stereocenters. The van der Waals surface area contributed by atoms with E-state index in [1.807, 2.05) is 69.3 Å². The van der Waals surface area contributed by atoms with E-state index in [1.54, 1.807) is 23.1 Å². The molecule has 0 aliphatic rings. The van der Waals surface area contributed by atoms with Crippen LogP contribution in [-0.4, -0.2) is 35.9 Å². The van der Waals surface area contributed by atoms with Gasteiger partial charge in [0.05, 0.1) is 0 Å². The van der Waals surface area contributed by atoms with E-state index in [2.05, 4.69) is 5.32 Å². The van der Waals surface area contributed by atoms with Crippen LogP contribution in [0, 0.1) is 13.8 Å². The van der Waals surface area contributed by atoms with Gasteiger partial charge in [-0.1, -0.05) is 71.7 Å². The van der Waals surface area contributed by atoms with Crippen LogP contribution in [0.5, 0.6) is 5.75 Å². The molecule has 0 bridgehead atoms. The first kappa shape index (κ1) is 26.6. The first-order valence-corrected chi connectivity index (χ1v) is 12.3. The molecule has 2 amide bonds. The molecule has 3 aromatic carbocycles. The van der Waals surface area contributed by atoms with Gasteiger partial charge in [0.2, 0.25) is 5.91 Å². The summed E-state index contributed by atoms with van der Waals surface area (Å²) in [7, 11) is 0. The van der Waals surface area contributed by atoms with Gasteiger partial charge in [-0.2, -0.15) is 0 Å². The Balaban J connectivity index is 1.91. The molecule has 184 valence electrons. The molecule has 35 heavy (non-hydrogen) atoms. The van der Waals surface area contributed by atoms with Gasteiger partial charge in [-0.25, -0.2) is 0 Å². The first-order chi connectivity index (χ1) is 16.8. The largest absolute Gasteiger partial charge is 0.484 e. The van der Waals surface area contributed by atoms with Crippen LogP contribution >= 0.6 is 23.2 Å². The molecule has 7 heteroatoms. The van der Waals surface area contributed by atoms with E-state index >= 15 is 0 Å². The number of hydrogen-bond acceptors (Lipinski definition) is 3. The number of nitrogens with zero attached hydrogens (tertiary/aromatic N) is 1. The molecule has 3 aromatic rings. The average Bonchev–Trinajstić information content (AvgIpc) is 2.85. The second-order valence-corrected chi connectivity index (χ2v) is 9.16. The molecule has 0 fully saturated rings. The minimum atomic E-state index is -0.738. The number of nitrogens with one attached hydrogen (secondary N) is 1. The van der Waals surface area contributed by atoms with E-state index in [9.17, 15) is 9.59 Å². The third-order valence-corrected chi connectivity index (χ3v) is 6.66. The van der Waals surface area contributed by atoms with Gasteiger partial charge >= 0.3 is 0 Å². The van der Waals surface area contributed by atoms with Crippen molar-refractivity contribution in [2.75, 3.05) is 13.2 Å². The van der Waals surface area contributed by atoms with Crippen LogP contribution in [0.2, 0.25) is 10.0 Å². The van der Waals surface area contributed by atoms with Crippen LogP contribution in [0.25, 0.3) is 0 Å². The van der Waals surface area contributed by atoms with Gasteiger partial charge in [0.15, 0.2) is 6.61 Å². The third kappa shape index (κ3) is 7.23. The molecular formula is C28H30Cl2N2O3. The molecule has 0 heterocycles. The molecule has 0 saturated carbocycles. The fraction of sp³-hybridized carbons (Fsp3) is 0.286. The van der Waals surface area contributed by atoms with Crippen LogP contribution in [0.15, 0.2) is 66.7 Å². The Bertz CT molecular complexity index is 1140. The van der Waals surface area contributed by atoms with E-state index in [4.69, 9.17) is 27.9 Å². The van der Waals surface area contributed by atoms with Crippen LogP contribution in [0.4, 0.5) is 0 Å². The van der Waals surface area contributed by atoms with Crippen LogP contribution in [0.1, 0.15) is 29.2 Å². The van der Waals surface area contributed by atoms with Gasteiger partial charge in [0.1, 0.15) is 11.8 Å². The number of aryl methyl sites for hydroxylation is 2. The molecule has 0 aromatic heterocycles. The lowest BCUT2D eigenvalue weighted by Gasteiger charge is -2.31. The maximum absolute atomic E-state index is 13.6. The molecule has 0 unspecified atom stereocenters. The van der Waals surface area contributed by atoms with Gasteiger partial charge in [-0.05, 0) is 61.2 Å². The van der Waals surface area contributed by atoms with Crippen LogP contribution in [0.3, 0.4) is 0 Å². The van der Waals surface area contributed by atoms with Gasteiger partial charge < -0.3 is 15.0 Å². The Labute approximate surface area is 217 Å². The Kier molecular flexibility index (Phi) is 9.58. The number of carbonyl (C=O) groups is 2. The number of rotatable bonds is 10. The lowest BCUT2D eigenvalue weighted by atomic mass is 10.0.